The summed E-state index contributed by atoms with van der Waals surface area (Å²) in [7, 11) is 2.06. The molecule has 0 aliphatic carbocycles. The lowest BCUT2D eigenvalue weighted by Gasteiger charge is -2.22. The van der Waals surface area contributed by atoms with E-state index in [4.69, 9.17) is 0 Å². The highest BCUT2D eigenvalue weighted by Crippen LogP contribution is 2.09. The minimum Gasteiger partial charge on any atom is -0.355 e. The van der Waals surface area contributed by atoms with Gasteiger partial charge in [0.25, 0.3) is 0 Å². The van der Waals surface area contributed by atoms with Crippen molar-refractivity contribution in [2.24, 2.45) is 0 Å². The van der Waals surface area contributed by atoms with Crippen molar-refractivity contribution in [2.75, 3.05) is 44.7 Å². The Morgan fingerprint density at radius 1 is 1.62 bits per heavy atom. The van der Waals surface area contributed by atoms with E-state index in [1.807, 2.05) is 11.8 Å². The minimum atomic E-state index is 0.171. The van der Waals surface area contributed by atoms with Crippen molar-refractivity contribution >= 4 is 17.7 Å². The Labute approximate surface area is 103 Å². The number of carbonyl (C=O) groups is 1. The van der Waals surface area contributed by atoms with Gasteiger partial charge in [0.1, 0.15) is 0 Å². The zero-order valence-corrected chi connectivity index (χ0v) is 11.1. The number of amides is 1. The maximum Gasteiger partial charge on any atom is 0.221 e. The van der Waals surface area contributed by atoms with Gasteiger partial charge in [-0.15, -0.1) is 0 Å². The van der Waals surface area contributed by atoms with E-state index >= 15 is 0 Å². The molecule has 1 heterocycles. The molecule has 0 saturated carbocycles. The molecule has 1 aliphatic rings. The quantitative estimate of drug-likeness (QED) is 0.699. The van der Waals surface area contributed by atoms with Crippen LogP contribution in [0.15, 0.2) is 0 Å². The Morgan fingerprint density at radius 2 is 2.44 bits per heavy atom. The van der Waals surface area contributed by atoms with Crippen molar-refractivity contribution in [3.05, 3.63) is 0 Å². The molecule has 94 valence electrons. The van der Waals surface area contributed by atoms with Gasteiger partial charge in [0.05, 0.1) is 0 Å². The third kappa shape index (κ3) is 5.72. The fourth-order valence-corrected chi connectivity index (χ4v) is 2.54. The summed E-state index contributed by atoms with van der Waals surface area (Å²) in [5.41, 5.74) is 0. The number of rotatable bonds is 6. The summed E-state index contributed by atoms with van der Waals surface area (Å²) in [6, 6.07) is 0.364. The highest BCUT2D eigenvalue weighted by molar-refractivity contribution is 7.99. The van der Waals surface area contributed by atoms with Crippen LogP contribution in [0.5, 0.6) is 0 Å². The first-order valence-corrected chi connectivity index (χ1v) is 7.14. The normalized spacial score (nSPS) is 21.1. The molecule has 0 aromatic heterocycles. The van der Waals surface area contributed by atoms with E-state index in [2.05, 4.69) is 29.5 Å². The molecular weight excluding hydrogens is 222 g/mol. The van der Waals surface area contributed by atoms with E-state index in [1.165, 1.54) is 5.75 Å². The average Bonchev–Trinajstić information content (AvgIpc) is 2.30. The smallest absolute Gasteiger partial charge is 0.221 e. The van der Waals surface area contributed by atoms with Gasteiger partial charge in [-0.1, -0.05) is 6.92 Å². The van der Waals surface area contributed by atoms with Gasteiger partial charge in [0.15, 0.2) is 0 Å². The third-order valence-electron chi connectivity index (χ3n) is 2.79. The molecule has 0 bridgehead atoms. The van der Waals surface area contributed by atoms with E-state index in [0.717, 1.165) is 31.9 Å². The maximum atomic E-state index is 11.6. The Balaban J connectivity index is 2.05. The first-order valence-electron chi connectivity index (χ1n) is 5.98. The molecule has 1 unspecified atom stereocenters. The Hall–Kier alpha value is -0.260. The zero-order chi connectivity index (χ0) is 11.8. The molecule has 0 spiro atoms. The number of thioether (sulfide) groups is 1. The number of carbonyl (C=O) groups excluding carboxylic acids is 1. The summed E-state index contributed by atoms with van der Waals surface area (Å²) in [5, 5.41) is 6.33. The van der Waals surface area contributed by atoms with Gasteiger partial charge in [-0.2, -0.15) is 11.8 Å². The second-order valence-corrected chi connectivity index (χ2v) is 5.33. The predicted octanol–water partition coefficient (Wildman–Crippen LogP) is 0.149. The van der Waals surface area contributed by atoms with Crippen molar-refractivity contribution in [1.82, 2.24) is 15.5 Å². The Bertz CT molecular complexity index is 207. The highest BCUT2D eigenvalue weighted by atomic mass is 32.2. The van der Waals surface area contributed by atoms with Crippen molar-refractivity contribution < 1.29 is 4.79 Å². The molecule has 1 aliphatic heterocycles. The average molecular weight is 245 g/mol. The van der Waals surface area contributed by atoms with Gasteiger partial charge in [0.2, 0.25) is 5.91 Å². The van der Waals surface area contributed by atoms with Crippen LogP contribution in [0.1, 0.15) is 13.3 Å². The molecule has 1 fully saturated rings. The first-order chi connectivity index (χ1) is 7.72. The van der Waals surface area contributed by atoms with Gasteiger partial charge in [0, 0.05) is 43.6 Å². The summed E-state index contributed by atoms with van der Waals surface area (Å²) in [4.78, 5) is 13.8. The molecule has 1 atom stereocenters. The molecule has 5 heteroatoms. The fraction of sp³-hybridized carbons (Fsp3) is 0.909. The zero-order valence-electron chi connectivity index (χ0n) is 10.3. The number of hydrogen-bond donors (Lipinski definition) is 2. The topological polar surface area (TPSA) is 44.4 Å². The van der Waals surface area contributed by atoms with Crippen LogP contribution in [0, 0.1) is 0 Å². The number of hydrogen-bond acceptors (Lipinski definition) is 4. The van der Waals surface area contributed by atoms with Crippen molar-refractivity contribution in [2.45, 2.75) is 19.4 Å². The molecule has 4 nitrogen and oxygen atoms in total. The van der Waals surface area contributed by atoms with E-state index in [9.17, 15) is 4.79 Å². The van der Waals surface area contributed by atoms with Crippen LogP contribution < -0.4 is 10.6 Å². The van der Waals surface area contributed by atoms with E-state index in [1.54, 1.807) is 0 Å². The lowest BCUT2D eigenvalue weighted by Crippen LogP contribution is -2.42. The van der Waals surface area contributed by atoms with Crippen molar-refractivity contribution in [3.8, 4) is 0 Å². The largest absolute Gasteiger partial charge is 0.355 e. The van der Waals surface area contributed by atoms with Crippen LogP contribution in [0.2, 0.25) is 0 Å². The molecule has 0 aromatic carbocycles. The lowest BCUT2D eigenvalue weighted by molar-refractivity contribution is -0.121. The summed E-state index contributed by atoms with van der Waals surface area (Å²) in [5.74, 6) is 2.39. The SMILES string of the molecule is CCN(C)CCNC(=O)CC1CSCCN1. The molecule has 0 aromatic rings. The Kier molecular flexibility index (Phi) is 6.84. The summed E-state index contributed by atoms with van der Waals surface area (Å²) < 4.78 is 0. The summed E-state index contributed by atoms with van der Waals surface area (Å²) in [6.07, 6.45) is 0.614. The van der Waals surface area contributed by atoms with Gasteiger partial charge in [-0.3, -0.25) is 4.79 Å². The van der Waals surface area contributed by atoms with Gasteiger partial charge in [-0.25, -0.2) is 0 Å². The second kappa shape index (κ2) is 7.92. The van der Waals surface area contributed by atoms with E-state index in [-0.39, 0.29) is 5.91 Å². The number of nitrogens with zero attached hydrogens (tertiary/aromatic N) is 1. The molecule has 2 N–H and O–H groups in total. The van der Waals surface area contributed by atoms with Crippen LogP contribution in [-0.2, 0) is 4.79 Å². The number of nitrogens with one attached hydrogen (secondary N) is 2. The number of likely N-dealkylation sites (N-methyl/N-ethyl adjacent to an activating group) is 1. The van der Waals surface area contributed by atoms with Gasteiger partial charge >= 0.3 is 0 Å². The third-order valence-corrected chi connectivity index (χ3v) is 3.92. The fourth-order valence-electron chi connectivity index (χ4n) is 1.59. The van der Waals surface area contributed by atoms with E-state index in [0.29, 0.717) is 12.5 Å². The van der Waals surface area contributed by atoms with Crippen LogP contribution >= 0.6 is 11.8 Å². The van der Waals surface area contributed by atoms with Crippen molar-refractivity contribution in [3.63, 3.8) is 0 Å². The predicted molar refractivity (Wildman–Crippen MR) is 69.9 cm³/mol. The lowest BCUT2D eigenvalue weighted by atomic mass is 10.2. The molecule has 1 rings (SSSR count). The summed E-state index contributed by atoms with van der Waals surface area (Å²) in [6.45, 7) is 5.85. The summed E-state index contributed by atoms with van der Waals surface area (Å²) >= 11 is 1.93. The Morgan fingerprint density at radius 3 is 3.06 bits per heavy atom. The van der Waals surface area contributed by atoms with Crippen LogP contribution in [0.4, 0.5) is 0 Å². The van der Waals surface area contributed by atoms with Gasteiger partial charge in [-0.05, 0) is 13.6 Å². The van der Waals surface area contributed by atoms with Crippen LogP contribution in [0.25, 0.3) is 0 Å². The molecule has 0 radical (unpaired) electrons. The molecular formula is C11H23N3OS. The first kappa shape index (κ1) is 13.8. The maximum absolute atomic E-state index is 11.6. The van der Waals surface area contributed by atoms with Crippen molar-refractivity contribution in [1.29, 1.82) is 0 Å². The molecule has 16 heavy (non-hydrogen) atoms. The highest BCUT2D eigenvalue weighted by Gasteiger charge is 2.16. The van der Waals surface area contributed by atoms with Crippen LogP contribution in [-0.4, -0.2) is 61.6 Å². The monoisotopic (exact) mass is 245 g/mol. The van der Waals surface area contributed by atoms with E-state index < -0.39 is 0 Å². The van der Waals surface area contributed by atoms with Gasteiger partial charge < -0.3 is 15.5 Å². The molecule has 1 amide bonds. The van der Waals surface area contributed by atoms with Crippen LogP contribution in [0.3, 0.4) is 0 Å². The second-order valence-electron chi connectivity index (χ2n) is 4.18. The standard InChI is InChI=1S/C11H23N3OS/c1-3-14(2)6-4-13-11(15)8-10-9-16-7-5-12-10/h10,12H,3-9H2,1-2H3,(H,13,15). The minimum absolute atomic E-state index is 0.171. The molecule has 1 saturated heterocycles.